The van der Waals surface area contributed by atoms with Crippen LogP contribution >= 0.6 is 0 Å². The van der Waals surface area contributed by atoms with E-state index < -0.39 is 5.97 Å². The predicted octanol–water partition coefficient (Wildman–Crippen LogP) is 3.78. The third-order valence-corrected chi connectivity index (χ3v) is 5.25. The van der Waals surface area contributed by atoms with Crippen LogP contribution in [0.5, 0.6) is 17.2 Å². The molecule has 6 nitrogen and oxygen atoms in total. The van der Waals surface area contributed by atoms with E-state index in [9.17, 15) is 4.79 Å². The van der Waals surface area contributed by atoms with Gasteiger partial charge in [0.25, 0.3) is 0 Å². The van der Waals surface area contributed by atoms with Gasteiger partial charge in [0.1, 0.15) is 5.75 Å². The molecule has 2 heterocycles. The fourth-order valence-corrected chi connectivity index (χ4v) is 3.91. The van der Waals surface area contributed by atoms with Gasteiger partial charge in [0, 0.05) is 18.7 Å². The first kappa shape index (κ1) is 18.6. The number of likely N-dealkylation sites (tertiary alicyclic amines) is 1. The molecule has 0 bridgehead atoms. The van der Waals surface area contributed by atoms with Crippen LogP contribution in [-0.2, 0) is 11.3 Å². The average molecular weight is 383 g/mol. The number of benzene rings is 2. The number of carboxylic acids is 1. The first-order chi connectivity index (χ1) is 13.6. The molecule has 0 aromatic heterocycles. The second kappa shape index (κ2) is 8.10. The number of fused-ring (bicyclic) bond motifs is 1. The molecular weight excluding hydrogens is 358 g/mol. The Kier molecular flexibility index (Phi) is 5.39. The normalized spacial score (nSPS) is 18.8. The Balaban J connectivity index is 1.62. The molecule has 1 fully saturated rings. The number of hydrogen-bond acceptors (Lipinski definition) is 5. The Morgan fingerprint density at radius 3 is 2.79 bits per heavy atom. The maximum absolute atomic E-state index is 11.0. The molecule has 0 saturated carbocycles. The summed E-state index contributed by atoms with van der Waals surface area (Å²) in [5.74, 6) is 1.83. The van der Waals surface area contributed by atoms with Crippen LogP contribution in [-0.4, -0.2) is 42.5 Å². The Morgan fingerprint density at radius 2 is 1.96 bits per heavy atom. The van der Waals surface area contributed by atoms with Gasteiger partial charge in [0.2, 0.25) is 6.79 Å². The molecule has 1 N–H and O–H groups in total. The lowest BCUT2D eigenvalue weighted by atomic mass is 9.98. The third kappa shape index (κ3) is 4.22. The minimum absolute atomic E-state index is 0.249. The maximum atomic E-state index is 11.0. The highest BCUT2D eigenvalue weighted by Crippen LogP contribution is 2.37. The van der Waals surface area contributed by atoms with Crippen molar-refractivity contribution in [3.63, 3.8) is 0 Å². The summed E-state index contributed by atoms with van der Waals surface area (Å²) in [5.41, 5.74) is 3.08. The van der Waals surface area contributed by atoms with E-state index in [1.54, 1.807) is 0 Å². The largest absolute Gasteiger partial charge is 0.482 e. The van der Waals surface area contributed by atoms with Crippen LogP contribution in [0.3, 0.4) is 0 Å². The van der Waals surface area contributed by atoms with Crippen molar-refractivity contribution in [3.8, 4) is 28.4 Å². The van der Waals surface area contributed by atoms with E-state index in [4.69, 9.17) is 19.3 Å². The maximum Gasteiger partial charge on any atom is 0.341 e. The van der Waals surface area contributed by atoms with E-state index in [2.05, 4.69) is 17.9 Å². The van der Waals surface area contributed by atoms with Crippen molar-refractivity contribution >= 4 is 5.97 Å². The van der Waals surface area contributed by atoms with Crippen LogP contribution in [0.4, 0.5) is 0 Å². The van der Waals surface area contributed by atoms with Crippen molar-refractivity contribution in [2.45, 2.75) is 26.3 Å². The number of carbonyl (C=O) groups is 1. The number of rotatable bonds is 6. The summed E-state index contributed by atoms with van der Waals surface area (Å²) < 4.78 is 16.4. The Bertz CT molecular complexity index is 866. The summed E-state index contributed by atoms with van der Waals surface area (Å²) in [4.78, 5) is 13.4. The zero-order valence-electron chi connectivity index (χ0n) is 16.0. The molecule has 2 aromatic carbocycles. The fourth-order valence-electron chi connectivity index (χ4n) is 3.91. The number of hydrogen-bond donors (Lipinski definition) is 1. The lowest BCUT2D eigenvalue weighted by Crippen LogP contribution is -2.33. The Hall–Kier alpha value is -2.73. The van der Waals surface area contributed by atoms with Crippen molar-refractivity contribution in [2.24, 2.45) is 5.92 Å². The summed E-state index contributed by atoms with van der Waals surface area (Å²) in [6.07, 6.45) is 2.45. The van der Waals surface area contributed by atoms with Gasteiger partial charge in [0.15, 0.2) is 18.1 Å². The highest BCUT2D eigenvalue weighted by Gasteiger charge is 2.19. The van der Waals surface area contributed by atoms with E-state index in [0.29, 0.717) is 11.7 Å². The van der Waals surface area contributed by atoms with Gasteiger partial charge in [-0.05, 0) is 60.7 Å². The zero-order chi connectivity index (χ0) is 19.5. The molecule has 6 heteroatoms. The summed E-state index contributed by atoms with van der Waals surface area (Å²) in [5, 5.41) is 8.98. The molecule has 1 saturated heterocycles. The number of carboxylic acid groups (broad SMARTS) is 1. The molecule has 0 radical (unpaired) electrons. The van der Waals surface area contributed by atoms with Gasteiger partial charge in [-0.1, -0.05) is 19.1 Å². The van der Waals surface area contributed by atoms with Gasteiger partial charge in [0.05, 0.1) is 0 Å². The number of ether oxygens (including phenoxy) is 3. The van der Waals surface area contributed by atoms with E-state index in [-0.39, 0.29) is 13.4 Å². The molecule has 2 aliphatic heterocycles. The van der Waals surface area contributed by atoms with Crippen molar-refractivity contribution in [1.82, 2.24) is 4.90 Å². The number of aliphatic carboxylic acids is 1. The molecule has 148 valence electrons. The zero-order valence-corrected chi connectivity index (χ0v) is 16.0. The fraction of sp³-hybridized carbons (Fsp3) is 0.409. The molecule has 0 spiro atoms. The average Bonchev–Trinajstić information content (AvgIpc) is 3.14. The number of nitrogens with zero attached hydrogens (tertiary/aromatic N) is 1. The van der Waals surface area contributed by atoms with Gasteiger partial charge in [-0.25, -0.2) is 4.79 Å². The second-order valence-corrected chi connectivity index (χ2v) is 7.56. The topological polar surface area (TPSA) is 68.2 Å². The predicted molar refractivity (Wildman–Crippen MR) is 105 cm³/mol. The van der Waals surface area contributed by atoms with E-state index >= 15 is 0 Å². The van der Waals surface area contributed by atoms with E-state index in [1.807, 2.05) is 30.3 Å². The molecule has 2 aliphatic rings. The second-order valence-electron chi connectivity index (χ2n) is 7.56. The van der Waals surface area contributed by atoms with Crippen LogP contribution < -0.4 is 14.2 Å². The molecule has 28 heavy (non-hydrogen) atoms. The van der Waals surface area contributed by atoms with Crippen LogP contribution in [0.25, 0.3) is 11.1 Å². The Labute approximate surface area is 164 Å². The first-order valence-corrected chi connectivity index (χ1v) is 9.68. The summed E-state index contributed by atoms with van der Waals surface area (Å²) in [6, 6.07) is 11.8. The monoisotopic (exact) mass is 383 g/mol. The molecule has 0 aliphatic carbocycles. The SMILES string of the molecule is CC1CCCN(Cc2cc(-c3ccc4c(c3)OCO4)ccc2OCC(=O)O)C1. The van der Waals surface area contributed by atoms with Gasteiger partial charge in [-0.15, -0.1) is 0 Å². The minimum atomic E-state index is -0.975. The molecule has 1 atom stereocenters. The van der Waals surface area contributed by atoms with Gasteiger partial charge < -0.3 is 19.3 Å². The number of piperidine rings is 1. The van der Waals surface area contributed by atoms with Crippen LogP contribution in [0.2, 0.25) is 0 Å². The van der Waals surface area contributed by atoms with Crippen molar-refractivity contribution < 1.29 is 24.1 Å². The quantitative estimate of drug-likeness (QED) is 0.819. The standard InChI is InChI=1S/C22H25NO5/c1-15-3-2-8-23(11-15)12-18-9-16(4-6-19(18)26-13-22(24)25)17-5-7-20-21(10-17)28-14-27-20/h4-7,9-10,15H,2-3,8,11-14H2,1H3,(H,24,25). The van der Waals surface area contributed by atoms with Crippen molar-refractivity contribution in [3.05, 3.63) is 42.0 Å². The van der Waals surface area contributed by atoms with Gasteiger partial charge in [-0.3, -0.25) is 4.90 Å². The Morgan fingerprint density at radius 1 is 1.18 bits per heavy atom. The lowest BCUT2D eigenvalue weighted by Gasteiger charge is -2.31. The van der Waals surface area contributed by atoms with E-state index in [1.165, 1.54) is 12.8 Å². The van der Waals surface area contributed by atoms with Crippen LogP contribution in [0, 0.1) is 5.92 Å². The van der Waals surface area contributed by atoms with Gasteiger partial charge in [-0.2, -0.15) is 0 Å². The molecule has 1 unspecified atom stereocenters. The molecule has 0 amide bonds. The van der Waals surface area contributed by atoms with Gasteiger partial charge >= 0.3 is 5.97 Å². The molecule has 4 rings (SSSR count). The first-order valence-electron chi connectivity index (χ1n) is 9.68. The molecule has 2 aromatic rings. The van der Waals surface area contributed by atoms with Crippen molar-refractivity contribution in [2.75, 3.05) is 26.5 Å². The van der Waals surface area contributed by atoms with Crippen LogP contribution in [0.1, 0.15) is 25.3 Å². The summed E-state index contributed by atoms with van der Waals surface area (Å²) >= 11 is 0. The van der Waals surface area contributed by atoms with Crippen molar-refractivity contribution in [1.29, 1.82) is 0 Å². The third-order valence-electron chi connectivity index (χ3n) is 5.25. The lowest BCUT2D eigenvalue weighted by molar-refractivity contribution is -0.139. The minimum Gasteiger partial charge on any atom is -0.482 e. The molecular formula is C22H25NO5. The summed E-state index contributed by atoms with van der Waals surface area (Å²) in [6.45, 7) is 5.03. The summed E-state index contributed by atoms with van der Waals surface area (Å²) in [7, 11) is 0. The highest BCUT2D eigenvalue weighted by molar-refractivity contribution is 5.70. The smallest absolute Gasteiger partial charge is 0.341 e. The van der Waals surface area contributed by atoms with Crippen LogP contribution in [0.15, 0.2) is 36.4 Å². The van der Waals surface area contributed by atoms with E-state index in [0.717, 1.165) is 47.8 Å². The highest BCUT2D eigenvalue weighted by atomic mass is 16.7.